The number of carbonyl (C=O) groups excluding carboxylic acids is 5. The number of rotatable bonds is 21. The van der Waals surface area contributed by atoms with Gasteiger partial charge in [-0.3, -0.25) is 24.0 Å². The Morgan fingerprint density at radius 3 is 2.20 bits per heavy atom. The number of nitrogens with one attached hydrogen (secondary N) is 4. The number of hydrogen-bond donors (Lipinski definition) is 4. The molecule has 0 radical (unpaired) electrons. The van der Waals surface area contributed by atoms with Crippen LogP contribution in [0.2, 0.25) is 0 Å². The van der Waals surface area contributed by atoms with Gasteiger partial charge in [-0.05, 0) is 87.6 Å². The number of unbranched alkanes of at least 4 members (excludes halogenated alkanes) is 1. The molecule has 0 bridgehead atoms. The molecule has 1 aliphatic heterocycles. The first-order chi connectivity index (χ1) is 26.8. The summed E-state index contributed by atoms with van der Waals surface area (Å²) in [6, 6.07) is 12.8. The summed E-state index contributed by atoms with van der Waals surface area (Å²) in [5.74, 6) is -2.48. The molecule has 0 aromatic heterocycles. The third-order valence-electron chi connectivity index (χ3n) is 10.5. The van der Waals surface area contributed by atoms with Crippen LogP contribution in [-0.2, 0) is 56.5 Å². The number of sulfone groups is 1. The van der Waals surface area contributed by atoms with Crippen LogP contribution in [0.15, 0.2) is 54.6 Å². The number of ether oxygens (including phenoxy) is 2. The maximum absolute atomic E-state index is 14.6. The largest absolute Gasteiger partial charge is 0.461 e. The van der Waals surface area contributed by atoms with Crippen molar-refractivity contribution in [2.75, 3.05) is 31.0 Å². The number of hydrogen-bond acceptors (Lipinski definition) is 10. The van der Waals surface area contributed by atoms with Crippen LogP contribution in [0.3, 0.4) is 0 Å². The van der Waals surface area contributed by atoms with Gasteiger partial charge < -0.3 is 35.6 Å². The molecule has 0 spiro atoms. The van der Waals surface area contributed by atoms with Crippen molar-refractivity contribution in [1.82, 2.24) is 20.9 Å². The smallest absolute Gasteiger partial charge is 0.302 e. The minimum absolute atomic E-state index is 0.0586. The number of anilines is 1. The molecule has 1 aliphatic carbocycles. The second-order valence-corrected chi connectivity index (χ2v) is 17.2. The molecule has 1 saturated carbocycles. The van der Waals surface area contributed by atoms with Gasteiger partial charge in [0.25, 0.3) is 0 Å². The topological polar surface area (TPSA) is 189 Å². The van der Waals surface area contributed by atoms with Crippen LogP contribution in [0, 0.1) is 5.92 Å². The van der Waals surface area contributed by atoms with E-state index < -0.39 is 63.6 Å². The third-order valence-corrected chi connectivity index (χ3v) is 11.5. The van der Waals surface area contributed by atoms with E-state index in [2.05, 4.69) is 21.3 Å². The zero-order valence-electron chi connectivity index (χ0n) is 33.1. The Bertz CT molecular complexity index is 1720. The van der Waals surface area contributed by atoms with Crippen LogP contribution in [0.25, 0.3) is 0 Å². The van der Waals surface area contributed by atoms with Crippen molar-refractivity contribution < 1.29 is 41.9 Å². The molecule has 2 aromatic carbocycles. The predicted octanol–water partition coefficient (Wildman–Crippen LogP) is 3.64. The number of nitrogens with zero attached hydrogens (tertiary/aromatic N) is 1. The Morgan fingerprint density at radius 2 is 1.54 bits per heavy atom. The van der Waals surface area contributed by atoms with Gasteiger partial charge in [0.2, 0.25) is 23.6 Å². The minimum Gasteiger partial charge on any atom is -0.461 e. The van der Waals surface area contributed by atoms with Gasteiger partial charge in [-0.1, -0.05) is 62.2 Å². The Labute approximate surface area is 331 Å². The van der Waals surface area contributed by atoms with Gasteiger partial charge in [0.1, 0.15) is 34.6 Å². The van der Waals surface area contributed by atoms with Gasteiger partial charge in [0, 0.05) is 31.5 Å². The van der Waals surface area contributed by atoms with Gasteiger partial charge in [-0.2, -0.15) is 0 Å². The quantitative estimate of drug-likeness (QED) is 0.107. The molecule has 2 unspecified atom stereocenters. The summed E-state index contributed by atoms with van der Waals surface area (Å²) in [4.78, 5) is 68.3. The van der Waals surface area contributed by atoms with E-state index in [9.17, 15) is 32.4 Å². The maximum Gasteiger partial charge on any atom is 0.302 e. The van der Waals surface area contributed by atoms with Crippen LogP contribution in [-0.4, -0.2) is 98.8 Å². The molecular weight excluding hydrogens is 739 g/mol. The molecule has 1 saturated heterocycles. The summed E-state index contributed by atoms with van der Waals surface area (Å²) >= 11 is 0. The summed E-state index contributed by atoms with van der Waals surface area (Å²) < 4.78 is 35.4. The third kappa shape index (κ3) is 13.7. The molecule has 14 nitrogen and oxygen atoms in total. The maximum atomic E-state index is 14.6. The first-order valence-corrected chi connectivity index (χ1v) is 21.8. The summed E-state index contributed by atoms with van der Waals surface area (Å²) in [6.45, 7) is 4.23. The van der Waals surface area contributed by atoms with Gasteiger partial charge in [0.15, 0.2) is 0 Å². The molecule has 1 heterocycles. The van der Waals surface area contributed by atoms with E-state index in [4.69, 9.17) is 9.47 Å². The fourth-order valence-corrected chi connectivity index (χ4v) is 8.16. The highest BCUT2D eigenvalue weighted by Gasteiger charge is 2.49. The Balaban J connectivity index is 1.42. The summed E-state index contributed by atoms with van der Waals surface area (Å²) in [5.41, 5.74) is 2.33. The number of fused-ring (bicyclic) bond motifs is 1. The lowest BCUT2D eigenvalue weighted by atomic mass is 9.84. The lowest BCUT2D eigenvalue weighted by Crippen LogP contribution is -2.59. The average molecular weight is 798 g/mol. The van der Waals surface area contributed by atoms with Gasteiger partial charge in [-0.25, -0.2) is 8.42 Å². The Kier molecular flexibility index (Phi) is 17.3. The van der Waals surface area contributed by atoms with Crippen molar-refractivity contribution in [3.8, 4) is 0 Å². The summed E-state index contributed by atoms with van der Waals surface area (Å²) in [6.07, 6.45) is 6.87. The highest BCUT2D eigenvalue weighted by Crippen LogP contribution is 2.40. The highest BCUT2D eigenvalue weighted by atomic mass is 32.2. The molecule has 4 rings (SSSR count). The number of carbonyl (C=O) groups is 5. The molecule has 15 heteroatoms. The van der Waals surface area contributed by atoms with E-state index in [1.807, 2.05) is 30.3 Å². The molecule has 2 aliphatic rings. The van der Waals surface area contributed by atoms with Crippen molar-refractivity contribution in [2.45, 2.75) is 121 Å². The molecular formula is C41H59N5O9S. The lowest BCUT2D eigenvalue weighted by molar-refractivity contribution is -0.144. The van der Waals surface area contributed by atoms with Gasteiger partial charge in [0.05, 0.1) is 18.4 Å². The van der Waals surface area contributed by atoms with E-state index in [-0.39, 0.29) is 37.2 Å². The summed E-state index contributed by atoms with van der Waals surface area (Å²) in [7, 11) is -1.83. The SMILES string of the molecule is CC[C@H](NC(=O)[C@@H]1CC2CCCCC2N1C(=O)[C@H](CCS(C)(=O)=O)NC(=O)[C@H](CCCCOCc1ccccc1)NC)C(=O)Nc1ccc(COC(C)=O)cc1. The molecule has 6 atom stereocenters. The van der Waals surface area contributed by atoms with Crippen LogP contribution < -0.4 is 21.3 Å². The fraction of sp³-hybridized carbons (Fsp3) is 0.585. The molecule has 56 heavy (non-hydrogen) atoms. The van der Waals surface area contributed by atoms with Crippen molar-refractivity contribution >= 4 is 45.1 Å². The zero-order valence-corrected chi connectivity index (χ0v) is 33.9. The van der Waals surface area contributed by atoms with Gasteiger partial charge >= 0.3 is 5.97 Å². The first kappa shape index (κ1) is 44.4. The molecule has 308 valence electrons. The standard InChI is InChI=1S/C41H59N5O9S/c1-5-33(38(48)43-32-20-18-30(19-21-32)27-55-28(2)47)44-40(50)37-25-31-15-9-10-17-36(31)46(37)41(51)35(22-24-56(4,52)53)45-39(49)34(42-3)16-11-12-23-54-26-29-13-7-6-8-14-29/h6-8,13-14,18-21,31,33-37,42H,5,9-12,15-17,22-27H2,1-4H3,(H,43,48)(H,44,50)(H,45,49)/t31?,33-,34-,35-,36?,37-/m0/s1. The highest BCUT2D eigenvalue weighted by molar-refractivity contribution is 7.90. The number of likely N-dealkylation sites (tertiary alicyclic amines) is 1. The van der Waals surface area contributed by atoms with Crippen LogP contribution in [0.1, 0.15) is 89.2 Å². The number of amides is 4. The van der Waals surface area contributed by atoms with E-state index in [0.29, 0.717) is 44.6 Å². The molecule has 2 fully saturated rings. The zero-order chi connectivity index (χ0) is 40.7. The van der Waals surface area contributed by atoms with Gasteiger partial charge in [-0.15, -0.1) is 0 Å². The molecule has 2 aromatic rings. The van der Waals surface area contributed by atoms with Crippen molar-refractivity contribution in [2.24, 2.45) is 5.92 Å². The number of likely N-dealkylation sites (N-methyl/N-ethyl adjacent to an activating group) is 1. The van der Waals surface area contributed by atoms with Crippen molar-refractivity contribution in [3.05, 3.63) is 65.7 Å². The fourth-order valence-electron chi connectivity index (χ4n) is 7.50. The van der Waals surface area contributed by atoms with Crippen LogP contribution in [0.5, 0.6) is 0 Å². The summed E-state index contributed by atoms with van der Waals surface area (Å²) in [5, 5.41) is 11.6. The van der Waals surface area contributed by atoms with Crippen LogP contribution >= 0.6 is 0 Å². The van der Waals surface area contributed by atoms with E-state index in [1.165, 1.54) is 6.92 Å². The van der Waals surface area contributed by atoms with E-state index >= 15 is 0 Å². The Morgan fingerprint density at radius 1 is 0.839 bits per heavy atom. The van der Waals surface area contributed by atoms with Crippen molar-refractivity contribution in [1.29, 1.82) is 0 Å². The Hall–Kier alpha value is -4.34. The second-order valence-electron chi connectivity index (χ2n) is 14.9. The van der Waals surface area contributed by atoms with E-state index in [0.717, 1.165) is 43.1 Å². The van der Waals surface area contributed by atoms with E-state index in [1.54, 1.807) is 43.1 Å². The number of benzene rings is 2. The van der Waals surface area contributed by atoms with Crippen LogP contribution in [0.4, 0.5) is 5.69 Å². The molecule has 4 amide bonds. The minimum atomic E-state index is -3.49. The first-order valence-electron chi connectivity index (χ1n) is 19.7. The second kappa shape index (κ2) is 21.8. The molecule has 4 N–H and O–H groups in total. The predicted molar refractivity (Wildman–Crippen MR) is 213 cm³/mol. The monoisotopic (exact) mass is 797 g/mol. The van der Waals surface area contributed by atoms with Crippen molar-refractivity contribution in [3.63, 3.8) is 0 Å². The normalized spacial score (nSPS) is 19.6. The lowest BCUT2D eigenvalue weighted by Gasteiger charge is -2.36. The number of esters is 1. The average Bonchev–Trinajstić information content (AvgIpc) is 3.57.